The average molecular weight is 235 g/mol. The number of ether oxygens (including phenoxy) is 1. The molecule has 17 heavy (non-hydrogen) atoms. The van der Waals surface area contributed by atoms with Crippen molar-refractivity contribution >= 4 is 5.82 Å². The molecule has 0 aliphatic heterocycles. The molecule has 1 aromatic heterocycles. The van der Waals surface area contributed by atoms with Gasteiger partial charge in [-0.3, -0.25) is 0 Å². The van der Waals surface area contributed by atoms with Gasteiger partial charge in [-0.2, -0.15) is 0 Å². The van der Waals surface area contributed by atoms with E-state index < -0.39 is 0 Å². The van der Waals surface area contributed by atoms with E-state index in [9.17, 15) is 0 Å². The van der Waals surface area contributed by atoms with E-state index in [1.807, 2.05) is 13.0 Å². The molecule has 1 aromatic rings. The van der Waals surface area contributed by atoms with E-state index in [4.69, 9.17) is 4.74 Å². The minimum Gasteiger partial charge on any atom is -0.376 e. The summed E-state index contributed by atoms with van der Waals surface area (Å²) in [6, 6.07) is 1.95. The molecule has 0 atom stereocenters. The molecular weight excluding hydrogens is 214 g/mol. The van der Waals surface area contributed by atoms with Crippen LogP contribution in [0.4, 0.5) is 5.82 Å². The predicted molar refractivity (Wildman–Crippen MR) is 68.1 cm³/mol. The summed E-state index contributed by atoms with van der Waals surface area (Å²) in [5, 5.41) is 3.25. The number of aryl methyl sites for hydroxylation is 1. The lowest BCUT2D eigenvalue weighted by molar-refractivity contribution is 0.0347. The third kappa shape index (κ3) is 4.30. The summed E-state index contributed by atoms with van der Waals surface area (Å²) >= 11 is 0. The Bertz CT molecular complexity index is 337. The van der Waals surface area contributed by atoms with Gasteiger partial charge in [-0.1, -0.05) is 19.3 Å². The fourth-order valence-corrected chi connectivity index (χ4v) is 2.19. The fraction of sp³-hybridized carbons (Fsp3) is 0.692. The molecule has 0 spiro atoms. The van der Waals surface area contributed by atoms with Crippen molar-refractivity contribution in [2.24, 2.45) is 0 Å². The van der Waals surface area contributed by atoms with Crippen molar-refractivity contribution in [3.05, 3.63) is 18.1 Å². The molecule has 4 nitrogen and oxygen atoms in total. The van der Waals surface area contributed by atoms with Crippen LogP contribution in [0, 0.1) is 6.92 Å². The van der Waals surface area contributed by atoms with Crippen LogP contribution < -0.4 is 5.32 Å². The predicted octanol–water partition coefficient (Wildman–Crippen LogP) is 2.55. The molecule has 1 heterocycles. The molecule has 1 aliphatic rings. The zero-order valence-electron chi connectivity index (χ0n) is 10.5. The van der Waals surface area contributed by atoms with E-state index in [1.165, 1.54) is 32.1 Å². The Kier molecular flexibility index (Phi) is 4.74. The first kappa shape index (κ1) is 12.3. The monoisotopic (exact) mass is 235 g/mol. The average Bonchev–Trinajstić information content (AvgIpc) is 2.36. The zero-order chi connectivity index (χ0) is 11.9. The summed E-state index contributed by atoms with van der Waals surface area (Å²) in [5.74, 6) is 0.879. The minimum atomic E-state index is 0.484. The van der Waals surface area contributed by atoms with Crippen molar-refractivity contribution in [3.8, 4) is 0 Å². The molecule has 2 rings (SSSR count). The van der Waals surface area contributed by atoms with Gasteiger partial charge in [0.05, 0.1) is 12.7 Å². The second kappa shape index (κ2) is 6.55. The summed E-state index contributed by atoms with van der Waals surface area (Å²) in [6.07, 6.45) is 8.54. The van der Waals surface area contributed by atoms with E-state index in [2.05, 4.69) is 15.3 Å². The minimum absolute atomic E-state index is 0.484. The van der Waals surface area contributed by atoms with Crippen LogP contribution in [0.1, 0.15) is 37.8 Å². The van der Waals surface area contributed by atoms with Crippen molar-refractivity contribution in [3.63, 3.8) is 0 Å². The van der Waals surface area contributed by atoms with Crippen molar-refractivity contribution < 1.29 is 4.74 Å². The van der Waals surface area contributed by atoms with E-state index in [0.717, 1.165) is 24.7 Å². The standard InChI is InChI=1S/C13H21N3O/c1-11-9-13(16-10-15-11)14-7-8-17-12-5-3-2-4-6-12/h9-10,12H,2-8H2,1H3,(H,14,15,16). The molecule has 0 unspecified atom stereocenters. The first-order valence-electron chi connectivity index (χ1n) is 6.49. The summed E-state index contributed by atoms with van der Waals surface area (Å²) < 4.78 is 5.83. The number of anilines is 1. The lowest BCUT2D eigenvalue weighted by atomic mass is 9.98. The maximum absolute atomic E-state index is 5.83. The van der Waals surface area contributed by atoms with Crippen LogP contribution in [-0.2, 0) is 4.74 Å². The highest BCUT2D eigenvalue weighted by atomic mass is 16.5. The first-order valence-corrected chi connectivity index (χ1v) is 6.49. The van der Waals surface area contributed by atoms with Gasteiger partial charge in [0.25, 0.3) is 0 Å². The molecule has 0 aromatic carbocycles. The van der Waals surface area contributed by atoms with Crippen molar-refractivity contribution in [2.45, 2.75) is 45.1 Å². The largest absolute Gasteiger partial charge is 0.376 e. The number of hydrogen-bond acceptors (Lipinski definition) is 4. The number of hydrogen-bond donors (Lipinski definition) is 1. The highest BCUT2D eigenvalue weighted by molar-refractivity contribution is 5.34. The molecule has 0 radical (unpaired) electrons. The maximum Gasteiger partial charge on any atom is 0.129 e. The van der Waals surface area contributed by atoms with Crippen molar-refractivity contribution in [1.82, 2.24) is 9.97 Å². The van der Waals surface area contributed by atoms with Gasteiger partial charge in [0.2, 0.25) is 0 Å². The number of nitrogens with zero attached hydrogens (tertiary/aromatic N) is 2. The Morgan fingerprint density at radius 1 is 1.29 bits per heavy atom. The van der Waals surface area contributed by atoms with Gasteiger partial charge in [-0.25, -0.2) is 9.97 Å². The van der Waals surface area contributed by atoms with Gasteiger partial charge in [-0.15, -0.1) is 0 Å². The van der Waals surface area contributed by atoms with Gasteiger partial charge in [-0.05, 0) is 19.8 Å². The third-order valence-corrected chi connectivity index (χ3v) is 3.12. The van der Waals surface area contributed by atoms with E-state index >= 15 is 0 Å². The Morgan fingerprint density at radius 2 is 2.12 bits per heavy atom. The third-order valence-electron chi connectivity index (χ3n) is 3.12. The Balaban J connectivity index is 1.62. The lowest BCUT2D eigenvalue weighted by Crippen LogP contribution is -2.20. The number of aromatic nitrogens is 2. The molecule has 0 bridgehead atoms. The van der Waals surface area contributed by atoms with Crippen LogP contribution >= 0.6 is 0 Å². The van der Waals surface area contributed by atoms with E-state index in [1.54, 1.807) is 6.33 Å². The van der Waals surface area contributed by atoms with Crippen molar-refractivity contribution in [1.29, 1.82) is 0 Å². The molecule has 4 heteroatoms. The molecule has 94 valence electrons. The molecule has 1 aliphatic carbocycles. The summed E-state index contributed by atoms with van der Waals surface area (Å²) in [5.41, 5.74) is 0.982. The smallest absolute Gasteiger partial charge is 0.129 e. The van der Waals surface area contributed by atoms with Crippen LogP contribution in [-0.4, -0.2) is 29.2 Å². The van der Waals surface area contributed by atoms with Crippen LogP contribution in [0.3, 0.4) is 0 Å². The molecule has 0 saturated heterocycles. The molecule has 1 fully saturated rings. The molecule has 1 saturated carbocycles. The molecular formula is C13H21N3O. The number of rotatable bonds is 5. The first-order chi connectivity index (χ1) is 8.34. The Hall–Kier alpha value is -1.16. The van der Waals surface area contributed by atoms with Crippen LogP contribution in [0.15, 0.2) is 12.4 Å². The van der Waals surface area contributed by atoms with Crippen molar-refractivity contribution in [2.75, 3.05) is 18.5 Å². The van der Waals surface area contributed by atoms with Crippen LogP contribution in [0.25, 0.3) is 0 Å². The van der Waals surface area contributed by atoms with Crippen LogP contribution in [0.5, 0.6) is 0 Å². The second-order valence-electron chi connectivity index (χ2n) is 4.60. The highest BCUT2D eigenvalue weighted by Gasteiger charge is 2.12. The Morgan fingerprint density at radius 3 is 2.88 bits per heavy atom. The van der Waals surface area contributed by atoms with Gasteiger partial charge in [0.15, 0.2) is 0 Å². The zero-order valence-corrected chi connectivity index (χ0v) is 10.5. The molecule has 0 amide bonds. The summed E-state index contributed by atoms with van der Waals surface area (Å²) in [7, 11) is 0. The maximum atomic E-state index is 5.83. The highest BCUT2D eigenvalue weighted by Crippen LogP contribution is 2.19. The van der Waals surface area contributed by atoms with Crippen LogP contribution in [0.2, 0.25) is 0 Å². The summed E-state index contributed by atoms with van der Waals surface area (Å²) in [4.78, 5) is 8.21. The fourth-order valence-electron chi connectivity index (χ4n) is 2.19. The quantitative estimate of drug-likeness (QED) is 0.797. The SMILES string of the molecule is Cc1cc(NCCOC2CCCCC2)ncn1. The molecule has 1 N–H and O–H groups in total. The Labute approximate surface area is 103 Å². The number of nitrogens with one attached hydrogen (secondary N) is 1. The summed E-state index contributed by atoms with van der Waals surface area (Å²) in [6.45, 7) is 3.53. The van der Waals surface area contributed by atoms with Gasteiger partial charge < -0.3 is 10.1 Å². The van der Waals surface area contributed by atoms with E-state index in [-0.39, 0.29) is 0 Å². The lowest BCUT2D eigenvalue weighted by Gasteiger charge is -2.22. The van der Waals surface area contributed by atoms with Gasteiger partial charge in [0, 0.05) is 18.3 Å². The van der Waals surface area contributed by atoms with Gasteiger partial charge in [0.1, 0.15) is 12.1 Å². The second-order valence-corrected chi connectivity index (χ2v) is 4.60. The topological polar surface area (TPSA) is 47.0 Å². The normalized spacial score (nSPS) is 17.0. The van der Waals surface area contributed by atoms with E-state index in [0.29, 0.717) is 6.10 Å². The van der Waals surface area contributed by atoms with Gasteiger partial charge >= 0.3 is 0 Å².